The maximum atomic E-state index is 12.2. The normalized spacial score (nSPS) is 10.5. The van der Waals surface area contributed by atoms with Crippen LogP contribution >= 0.6 is 23.1 Å². The van der Waals surface area contributed by atoms with Crippen molar-refractivity contribution >= 4 is 45.5 Å². The Morgan fingerprint density at radius 1 is 1.11 bits per heavy atom. The Bertz CT molecular complexity index is 926. The van der Waals surface area contributed by atoms with Crippen LogP contribution < -0.4 is 15.4 Å². The number of aromatic nitrogens is 2. The summed E-state index contributed by atoms with van der Waals surface area (Å²) in [6.45, 7) is 4.01. The Morgan fingerprint density at radius 3 is 2.59 bits per heavy atom. The molecular weight excluding hydrogens is 380 g/mol. The lowest BCUT2D eigenvalue weighted by molar-refractivity contribution is -0.113. The first-order valence-electron chi connectivity index (χ1n) is 8.28. The van der Waals surface area contributed by atoms with Crippen LogP contribution in [0.2, 0.25) is 0 Å². The molecule has 0 fully saturated rings. The predicted octanol–water partition coefficient (Wildman–Crippen LogP) is 4.64. The van der Waals surface area contributed by atoms with Gasteiger partial charge in [-0.25, -0.2) is 0 Å². The number of carbonyl (C=O) groups excluding carboxylic acids is 1. The Hall–Kier alpha value is -2.58. The zero-order valence-electron chi connectivity index (χ0n) is 15.3. The molecular formula is C19H20N4O2S2. The first-order chi connectivity index (χ1) is 13.0. The summed E-state index contributed by atoms with van der Waals surface area (Å²) >= 11 is 2.77. The largest absolute Gasteiger partial charge is 0.495 e. The lowest BCUT2D eigenvalue weighted by Gasteiger charge is -2.10. The molecule has 3 aromatic rings. The molecule has 2 aromatic carbocycles. The highest BCUT2D eigenvalue weighted by molar-refractivity contribution is 8.01. The van der Waals surface area contributed by atoms with E-state index in [1.807, 2.05) is 56.3 Å². The van der Waals surface area contributed by atoms with Gasteiger partial charge in [0.15, 0.2) is 4.34 Å². The number of anilines is 3. The van der Waals surface area contributed by atoms with E-state index in [2.05, 4.69) is 20.8 Å². The molecule has 1 aromatic heterocycles. The second-order valence-corrected chi connectivity index (χ2v) is 8.10. The van der Waals surface area contributed by atoms with Crippen molar-refractivity contribution < 1.29 is 9.53 Å². The molecule has 0 atom stereocenters. The summed E-state index contributed by atoms with van der Waals surface area (Å²) in [5.41, 5.74) is 3.87. The quantitative estimate of drug-likeness (QED) is 0.563. The number of nitrogens with one attached hydrogen (secondary N) is 2. The Kier molecular flexibility index (Phi) is 6.31. The van der Waals surface area contributed by atoms with Crippen molar-refractivity contribution in [2.24, 2.45) is 0 Å². The molecule has 0 saturated heterocycles. The Morgan fingerprint density at radius 2 is 1.85 bits per heavy atom. The minimum atomic E-state index is -0.118. The van der Waals surface area contributed by atoms with Gasteiger partial charge in [0.25, 0.3) is 0 Å². The van der Waals surface area contributed by atoms with E-state index in [0.717, 1.165) is 15.6 Å². The van der Waals surface area contributed by atoms with Crippen molar-refractivity contribution in [3.05, 3.63) is 53.6 Å². The van der Waals surface area contributed by atoms with Crippen LogP contribution in [0.25, 0.3) is 0 Å². The summed E-state index contributed by atoms with van der Waals surface area (Å²) in [5, 5.41) is 15.0. The Labute approximate surface area is 166 Å². The van der Waals surface area contributed by atoms with Gasteiger partial charge in [-0.3, -0.25) is 4.79 Å². The van der Waals surface area contributed by atoms with Crippen LogP contribution in [0.4, 0.5) is 16.5 Å². The van der Waals surface area contributed by atoms with E-state index in [1.54, 1.807) is 7.11 Å². The molecule has 0 aliphatic carbocycles. The number of methoxy groups -OCH3 is 1. The van der Waals surface area contributed by atoms with Gasteiger partial charge in [-0.2, -0.15) is 0 Å². The second kappa shape index (κ2) is 8.88. The third kappa shape index (κ3) is 5.45. The molecule has 0 radical (unpaired) electrons. The average Bonchev–Trinajstić information content (AvgIpc) is 3.10. The van der Waals surface area contributed by atoms with E-state index in [1.165, 1.54) is 28.7 Å². The molecule has 3 rings (SSSR count). The van der Waals surface area contributed by atoms with Crippen LogP contribution in [0.5, 0.6) is 5.75 Å². The summed E-state index contributed by atoms with van der Waals surface area (Å²) in [5.74, 6) is 0.766. The maximum absolute atomic E-state index is 12.2. The van der Waals surface area contributed by atoms with Crippen molar-refractivity contribution in [1.82, 2.24) is 10.2 Å². The SMILES string of the molecule is COc1ccc(C)cc1NC(=O)CSc1nnc(Nc2ccc(C)cc2)s1. The molecule has 140 valence electrons. The molecule has 1 heterocycles. The summed E-state index contributed by atoms with van der Waals surface area (Å²) in [7, 11) is 1.58. The van der Waals surface area contributed by atoms with Gasteiger partial charge in [0.2, 0.25) is 11.0 Å². The third-order valence-electron chi connectivity index (χ3n) is 3.67. The van der Waals surface area contributed by atoms with Crippen molar-refractivity contribution in [3.63, 3.8) is 0 Å². The van der Waals surface area contributed by atoms with Crippen LogP contribution in [0.15, 0.2) is 46.8 Å². The number of nitrogens with zero attached hydrogens (tertiary/aromatic N) is 2. The molecule has 0 bridgehead atoms. The van der Waals surface area contributed by atoms with Gasteiger partial charge in [-0.15, -0.1) is 10.2 Å². The second-order valence-electron chi connectivity index (χ2n) is 5.90. The van der Waals surface area contributed by atoms with E-state index in [4.69, 9.17) is 4.74 Å². The predicted molar refractivity (Wildman–Crippen MR) is 111 cm³/mol. The third-order valence-corrected chi connectivity index (χ3v) is 5.64. The van der Waals surface area contributed by atoms with Gasteiger partial charge in [-0.05, 0) is 43.7 Å². The van der Waals surface area contributed by atoms with E-state index < -0.39 is 0 Å². The highest BCUT2D eigenvalue weighted by Crippen LogP contribution is 2.29. The van der Waals surface area contributed by atoms with Crippen LogP contribution in [0, 0.1) is 13.8 Å². The number of aryl methyl sites for hydroxylation is 2. The van der Waals surface area contributed by atoms with Crippen molar-refractivity contribution in [3.8, 4) is 5.75 Å². The van der Waals surface area contributed by atoms with Gasteiger partial charge < -0.3 is 15.4 Å². The maximum Gasteiger partial charge on any atom is 0.234 e. The standard InChI is InChI=1S/C19H20N4O2S2/c1-12-4-7-14(8-5-12)20-18-22-23-19(27-18)26-11-17(24)21-15-10-13(2)6-9-16(15)25-3/h4-10H,11H2,1-3H3,(H,20,22)(H,21,24). The number of amides is 1. The summed E-state index contributed by atoms with van der Waals surface area (Å²) in [6.07, 6.45) is 0. The van der Waals surface area contributed by atoms with Gasteiger partial charge in [0.05, 0.1) is 18.6 Å². The molecule has 27 heavy (non-hydrogen) atoms. The molecule has 0 aliphatic rings. The fourth-order valence-electron chi connectivity index (χ4n) is 2.31. The fraction of sp³-hybridized carbons (Fsp3) is 0.211. The van der Waals surface area contributed by atoms with Crippen molar-refractivity contribution in [2.45, 2.75) is 18.2 Å². The lowest BCUT2D eigenvalue weighted by atomic mass is 10.2. The molecule has 0 saturated carbocycles. The average molecular weight is 401 g/mol. The summed E-state index contributed by atoms with van der Waals surface area (Å²) in [6, 6.07) is 13.7. The van der Waals surface area contributed by atoms with E-state index in [9.17, 15) is 4.79 Å². The molecule has 2 N–H and O–H groups in total. The van der Waals surface area contributed by atoms with Crippen LogP contribution in [0.1, 0.15) is 11.1 Å². The van der Waals surface area contributed by atoms with Crippen molar-refractivity contribution in [1.29, 1.82) is 0 Å². The van der Waals surface area contributed by atoms with Crippen molar-refractivity contribution in [2.75, 3.05) is 23.5 Å². The highest BCUT2D eigenvalue weighted by atomic mass is 32.2. The molecule has 0 aliphatic heterocycles. The van der Waals surface area contributed by atoms with E-state index in [-0.39, 0.29) is 11.7 Å². The van der Waals surface area contributed by atoms with Crippen LogP contribution in [0.3, 0.4) is 0 Å². The zero-order valence-corrected chi connectivity index (χ0v) is 16.9. The monoisotopic (exact) mass is 400 g/mol. The topological polar surface area (TPSA) is 76.1 Å². The lowest BCUT2D eigenvalue weighted by Crippen LogP contribution is -2.14. The fourth-order valence-corrected chi connectivity index (χ4v) is 3.88. The van der Waals surface area contributed by atoms with Crippen LogP contribution in [-0.2, 0) is 4.79 Å². The van der Waals surface area contributed by atoms with Gasteiger partial charge in [-0.1, -0.05) is 46.9 Å². The number of carbonyl (C=O) groups is 1. The smallest absolute Gasteiger partial charge is 0.234 e. The highest BCUT2D eigenvalue weighted by Gasteiger charge is 2.11. The molecule has 1 amide bonds. The van der Waals surface area contributed by atoms with E-state index >= 15 is 0 Å². The number of rotatable bonds is 7. The first kappa shape index (κ1) is 19.2. The molecule has 8 heteroatoms. The van der Waals surface area contributed by atoms with E-state index in [0.29, 0.717) is 16.6 Å². The Balaban J connectivity index is 1.54. The van der Waals surface area contributed by atoms with Crippen LogP contribution in [-0.4, -0.2) is 29.0 Å². The molecule has 0 spiro atoms. The molecule has 0 unspecified atom stereocenters. The van der Waals surface area contributed by atoms with Gasteiger partial charge in [0.1, 0.15) is 5.75 Å². The number of hydrogen-bond donors (Lipinski definition) is 2. The number of hydrogen-bond acceptors (Lipinski definition) is 7. The van der Waals surface area contributed by atoms with Gasteiger partial charge in [0, 0.05) is 5.69 Å². The number of thioether (sulfide) groups is 1. The molecule has 6 nitrogen and oxygen atoms in total. The van der Waals surface area contributed by atoms with Gasteiger partial charge >= 0.3 is 0 Å². The first-order valence-corrected chi connectivity index (χ1v) is 10.1. The summed E-state index contributed by atoms with van der Waals surface area (Å²) in [4.78, 5) is 12.2. The number of benzene rings is 2. The number of ether oxygens (including phenoxy) is 1. The summed E-state index contributed by atoms with van der Waals surface area (Å²) < 4.78 is 6.01. The minimum Gasteiger partial charge on any atom is -0.495 e. The zero-order chi connectivity index (χ0) is 19.2. The minimum absolute atomic E-state index is 0.118.